The molecule has 5 heterocycles. The van der Waals surface area contributed by atoms with E-state index in [4.69, 9.17) is 14.2 Å². The normalized spacial score (nSPS) is 26.0. The van der Waals surface area contributed by atoms with E-state index < -0.39 is 65.6 Å². The van der Waals surface area contributed by atoms with Crippen LogP contribution in [-0.2, 0) is 19.0 Å². The maximum atomic E-state index is 13.5. The molecule has 1 aromatic carbocycles. The number of amides is 3. The van der Waals surface area contributed by atoms with Crippen molar-refractivity contribution >= 4 is 34.8 Å². The van der Waals surface area contributed by atoms with Crippen LogP contribution in [-0.4, -0.2) is 84.0 Å². The molecular formula is C26H28N6O8. The standard InChI is InChI=1S/C26H28N6O8/c1-11(2)16(32-22(36)12-7-5-6-8-13(12)23(32)37)21(35)30-25-28-19-15(20(34)29-25)27-10-31(19)24-18-17(14(9-33)38-24)39-26(3,4)40-18/h5-8,10-11,14,16-18,24,33H,9H2,1-4H3,(H2,28,29,30,34,35). The van der Waals surface area contributed by atoms with E-state index in [2.05, 4.69) is 20.3 Å². The number of ether oxygens (including phenoxy) is 3. The Kier molecular flexibility index (Phi) is 6.10. The van der Waals surface area contributed by atoms with Gasteiger partial charge in [-0.25, -0.2) is 4.98 Å². The fourth-order valence-electron chi connectivity index (χ4n) is 5.57. The molecule has 0 radical (unpaired) electrons. The van der Waals surface area contributed by atoms with Crippen molar-refractivity contribution in [3.8, 4) is 0 Å². The number of fused-ring (bicyclic) bond motifs is 3. The Labute approximate surface area is 227 Å². The molecule has 0 aliphatic carbocycles. The molecule has 0 bridgehead atoms. The number of hydrogen-bond donors (Lipinski definition) is 3. The van der Waals surface area contributed by atoms with Crippen LogP contribution in [0.1, 0.15) is 54.6 Å². The summed E-state index contributed by atoms with van der Waals surface area (Å²) in [5, 5.41) is 12.4. The second-order valence-electron chi connectivity index (χ2n) is 10.8. The Bertz CT molecular complexity index is 1560. The highest BCUT2D eigenvalue weighted by atomic mass is 16.8. The van der Waals surface area contributed by atoms with E-state index in [1.165, 1.54) is 23.0 Å². The number of carbonyl (C=O) groups is 3. The number of imidazole rings is 1. The number of H-pyrrole nitrogens is 1. The number of aliphatic hydroxyl groups excluding tert-OH is 1. The van der Waals surface area contributed by atoms with Crippen LogP contribution in [0.15, 0.2) is 35.4 Å². The van der Waals surface area contributed by atoms with Gasteiger partial charge in [-0.1, -0.05) is 26.0 Å². The lowest BCUT2D eigenvalue weighted by Gasteiger charge is -2.28. The van der Waals surface area contributed by atoms with Gasteiger partial charge in [-0.2, -0.15) is 4.98 Å². The van der Waals surface area contributed by atoms with Crippen molar-refractivity contribution < 1.29 is 33.7 Å². The summed E-state index contributed by atoms with van der Waals surface area (Å²) in [5.41, 5.74) is -0.0978. The molecule has 14 heteroatoms. The van der Waals surface area contributed by atoms with Crippen LogP contribution in [0, 0.1) is 5.92 Å². The number of carbonyl (C=O) groups excluding carboxylic acids is 3. The Morgan fingerprint density at radius 2 is 1.77 bits per heavy atom. The zero-order valence-corrected chi connectivity index (χ0v) is 22.2. The summed E-state index contributed by atoms with van der Waals surface area (Å²) in [4.78, 5) is 64.5. The van der Waals surface area contributed by atoms with Gasteiger partial charge in [-0.05, 0) is 31.9 Å². The smallest absolute Gasteiger partial charge is 0.280 e. The molecule has 2 fully saturated rings. The minimum absolute atomic E-state index is 0.00969. The summed E-state index contributed by atoms with van der Waals surface area (Å²) < 4.78 is 19.4. The third-order valence-corrected chi connectivity index (χ3v) is 7.26. The van der Waals surface area contributed by atoms with Gasteiger partial charge in [0.2, 0.25) is 11.9 Å². The van der Waals surface area contributed by atoms with Crippen LogP contribution < -0.4 is 10.9 Å². The number of aromatic amines is 1. The zero-order valence-electron chi connectivity index (χ0n) is 22.2. The second kappa shape index (κ2) is 9.30. The molecule has 2 aromatic heterocycles. The third kappa shape index (κ3) is 4.02. The monoisotopic (exact) mass is 552 g/mol. The largest absolute Gasteiger partial charge is 0.394 e. The fourth-order valence-corrected chi connectivity index (χ4v) is 5.57. The minimum Gasteiger partial charge on any atom is -0.394 e. The fraction of sp³-hybridized carbons (Fsp3) is 0.462. The van der Waals surface area contributed by atoms with Gasteiger partial charge in [-0.15, -0.1) is 0 Å². The summed E-state index contributed by atoms with van der Waals surface area (Å²) in [6.45, 7) is 6.60. The molecule has 5 unspecified atom stereocenters. The quantitative estimate of drug-likeness (QED) is 0.370. The summed E-state index contributed by atoms with van der Waals surface area (Å²) in [6, 6.07) is 5.20. The lowest BCUT2D eigenvalue weighted by atomic mass is 10.0. The highest BCUT2D eigenvalue weighted by Crippen LogP contribution is 2.43. The molecular weight excluding hydrogens is 524 g/mol. The topological polar surface area (TPSA) is 178 Å². The van der Waals surface area contributed by atoms with Crippen molar-refractivity contribution in [2.75, 3.05) is 11.9 Å². The molecule has 40 heavy (non-hydrogen) atoms. The first-order valence-corrected chi connectivity index (χ1v) is 12.9. The van der Waals surface area contributed by atoms with Crippen molar-refractivity contribution in [2.24, 2.45) is 5.92 Å². The Balaban J connectivity index is 1.32. The molecule has 0 spiro atoms. The molecule has 14 nitrogen and oxygen atoms in total. The van der Waals surface area contributed by atoms with Gasteiger partial charge in [0.15, 0.2) is 23.2 Å². The van der Waals surface area contributed by atoms with E-state index in [0.29, 0.717) is 0 Å². The van der Waals surface area contributed by atoms with Crippen LogP contribution in [0.2, 0.25) is 0 Å². The van der Waals surface area contributed by atoms with Crippen molar-refractivity contribution in [1.82, 2.24) is 24.4 Å². The van der Waals surface area contributed by atoms with Gasteiger partial charge in [-0.3, -0.25) is 38.9 Å². The van der Waals surface area contributed by atoms with Crippen LogP contribution in [0.4, 0.5) is 5.95 Å². The molecule has 210 valence electrons. The van der Waals surface area contributed by atoms with Crippen LogP contribution in [0.3, 0.4) is 0 Å². The number of anilines is 1. The van der Waals surface area contributed by atoms with E-state index in [1.54, 1.807) is 39.8 Å². The van der Waals surface area contributed by atoms with Gasteiger partial charge < -0.3 is 19.3 Å². The number of imide groups is 1. The molecule has 3 aromatic rings. The van der Waals surface area contributed by atoms with E-state index >= 15 is 0 Å². The number of benzene rings is 1. The highest BCUT2D eigenvalue weighted by Gasteiger charge is 2.56. The van der Waals surface area contributed by atoms with Crippen molar-refractivity contribution in [3.05, 3.63) is 52.1 Å². The second-order valence-corrected chi connectivity index (χ2v) is 10.8. The maximum absolute atomic E-state index is 13.5. The molecule has 3 aliphatic rings. The number of aromatic nitrogens is 4. The highest BCUT2D eigenvalue weighted by molar-refractivity contribution is 6.23. The van der Waals surface area contributed by atoms with E-state index in [0.717, 1.165) is 4.90 Å². The van der Waals surface area contributed by atoms with Gasteiger partial charge in [0.25, 0.3) is 17.4 Å². The van der Waals surface area contributed by atoms with Gasteiger partial charge in [0, 0.05) is 0 Å². The van der Waals surface area contributed by atoms with Crippen LogP contribution in [0.5, 0.6) is 0 Å². The van der Waals surface area contributed by atoms with E-state index in [-0.39, 0.29) is 34.8 Å². The van der Waals surface area contributed by atoms with Gasteiger partial charge in [0.1, 0.15) is 24.4 Å². The predicted molar refractivity (Wildman–Crippen MR) is 137 cm³/mol. The summed E-state index contributed by atoms with van der Waals surface area (Å²) in [7, 11) is 0. The first-order chi connectivity index (χ1) is 19.0. The predicted octanol–water partition coefficient (Wildman–Crippen LogP) is 0.789. The molecule has 6 rings (SSSR count). The average molecular weight is 553 g/mol. The SMILES string of the molecule is CC(C)C(C(=O)Nc1nc2c(ncn2C2OC(CO)C3OC(C)(C)OC32)c(=O)[nH]1)N1C(=O)c2ccccc2C1=O. The Morgan fingerprint density at radius 3 is 2.40 bits per heavy atom. The minimum atomic E-state index is -1.17. The van der Waals surface area contributed by atoms with Crippen LogP contribution in [0.25, 0.3) is 11.2 Å². The maximum Gasteiger partial charge on any atom is 0.280 e. The number of nitrogens with one attached hydrogen (secondary N) is 2. The first-order valence-electron chi connectivity index (χ1n) is 12.9. The van der Waals surface area contributed by atoms with Crippen molar-refractivity contribution in [2.45, 2.75) is 64.1 Å². The Morgan fingerprint density at radius 1 is 1.12 bits per heavy atom. The van der Waals surface area contributed by atoms with E-state index in [1.807, 2.05) is 0 Å². The number of rotatable bonds is 6. The molecule has 3 amide bonds. The first kappa shape index (κ1) is 26.3. The summed E-state index contributed by atoms with van der Waals surface area (Å²) in [5.74, 6) is -3.42. The van der Waals surface area contributed by atoms with Crippen molar-refractivity contribution in [3.63, 3.8) is 0 Å². The van der Waals surface area contributed by atoms with E-state index in [9.17, 15) is 24.3 Å². The van der Waals surface area contributed by atoms with Gasteiger partial charge in [0.05, 0.1) is 24.1 Å². The zero-order chi connectivity index (χ0) is 28.5. The van der Waals surface area contributed by atoms with Gasteiger partial charge >= 0.3 is 0 Å². The molecule has 3 N–H and O–H groups in total. The van der Waals surface area contributed by atoms with Crippen LogP contribution >= 0.6 is 0 Å². The average Bonchev–Trinajstić information content (AvgIpc) is 3.61. The molecule has 3 aliphatic heterocycles. The number of nitrogens with zero attached hydrogens (tertiary/aromatic N) is 4. The lowest BCUT2D eigenvalue weighted by molar-refractivity contribution is -0.199. The number of aliphatic hydroxyl groups is 1. The lowest BCUT2D eigenvalue weighted by Crippen LogP contribution is -2.50. The number of hydrogen-bond acceptors (Lipinski definition) is 10. The molecule has 5 atom stereocenters. The third-order valence-electron chi connectivity index (χ3n) is 7.26. The summed E-state index contributed by atoms with van der Waals surface area (Å²) in [6.07, 6.45) is -1.32. The van der Waals surface area contributed by atoms with Crippen molar-refractivity contribution in [1.29, 1.82) is 0 Å². The molecule has 2 saturated heterocycles. The summed E-state index contributed by atoms with van der Waals surface area (Å²) >= 11 is 0. The Hall–Kier alpha value is -3.98. The molecule has 0 saturated carbocycles.